The maximum absolute atomic E-state index is 11.6. The zero-order valence-electron chi connectivity index (χ0n) is 14.1. The lowest BCUT2D eigenvalue weighted by Crippen LogP contribution is -2.11. The van der Waals surface area contributed by atoms with E-state index in [1.807, 2.05) is 32.0 Å². The van der Waals surface area contributed by atoms with Gasteiger partial charge in [-0.05, 0) is 37.1 Å². The Morgan fingerprint density at radius 1 is 1.29 bits per heavy atom. The van der Waals surface area contributed by atoms with Crippen molar-refractivity contribution in [3.63, 3.8) is 0 Å². The Morgan fingerprint density at radius 2 is 2.12 bits per heavy atom. The number of methoxy groups -OCH3 is 1. The molecule has 0 aliphatic rings. The number of rotatable bonds is 8. The highest BCUT2D eigenvalue weighted by atomic mass is 16.5. The molecule has 0 aliphatic carbocycles. The number of hydrazone groups is 1. The number of hydrogen-bond acceptors (Lipinski definition) is 6. The highest BCUT2D eigenvalue weighted by molar-refractivity contribution is 5.81. The molecule has 0 atom stereocenters. The maximum Gasteiger partial charge on any atom is 0.252 e. The third kappa shape index (κ3) is 4.84. The van der Waals surface area contributed by atoms with Gasteiger partial charge in [-0.2, -0.15) is 5.10 Å². The van der Waals surface area contributed by atoms with Gasteiger partial charge in [-0.1, -0.05) is 13.3 Å². The molecule has 0 unspecified atom stereocenters. The first-order valence-corrected chi connectivity index (χ1v) is 7.86. The molecule has 2 rings (SSSR count). The summed E-state index contributed by atoms with van der Waals surface area (Å²) in [5.41, 5.74) is 4.11. The summed E-state index contributed by atoms with van der Waals surface area (Å²) in [5, 5.41) is 4.10. The Morgan fingerprint density at radius 3 is 2.83 bits per heavy atom. The average Bonchev–Trinajstić information content (AvgIpc) is 2.56. The number of benzene rings is 1. The number of aromatic amines is 1. The second kappa shape index (κ2) is 8.71. The van der Waals surface area contributed by atoms with Crippen LogP contribution in [0.25, 0.3) is 0 Å². The molecule has 0 radical (unpaired) electrons. The number of hydrogen-bond donors (Lipinski definition) is 2. The molecule has 0 spiro atoms. The molecule has 1 heterocycles. The summed E-state index contributed by atoms with van der Waals surface area (Å²) in [5.74, 6) is 1.64. The number of H-pyrrole nitrogens is 1. The molecule has 24 heavy (non-hydrogen) atoms. The van der Waals surface area contributed by atoms with Crippen molar-refractivity contribution in [2.45, 2.75) is 26.7 Å². The summed E-state index contributed by atoms with van der Waals surface area (Å²) in [6.07, 6.45) is 3.29. The topological polar surface area (TPSA) is 88.6 Å². The van der Waals surface area contributed by atoms with Crippen LogP contribution in [0.5, 0.6) is 11.5 Å². The van der Waals surface area contributed by atoms with Gasteiger partial charge in [0.05, 0.1) is 19.9 Å². The minimum Gasteiger partial charge on any atom is -0.493 e. The summed E-state index contributed by atoms with van der Waals surface area (Å²) in [4.78, 5) is 18.5. The molecular formula is C17H22N4O3. The lowest BCUT2D eigenvalue weighted by atomic mass is 10.2. The Hall–Kier alpha value is -2.83. The van der Waals surface area contributed by atoms with Crippen molar-refractivity contribution >= 4 is 12.2 Å². The zero-order chi connectivity index (χ0) is 17.4. The molecule has 2 N–H and O–H groups in total. The van der Waals surface area contributed by atoms with Crippen LogP contribution in [0.1, 0.15) is 31.5 Å². The summed E-state index contributed by atoms with van der Waals surface area (Å²) in [6.45, 7) is 4.52. The van der Waals surface area contributed by atoms with Gasteiger partial charge in [-0.15, -0.1) is 0 Å². The predicted molar refractivity (Wildman–Crippen MR) is 94.2 cm³/mol. The highest BCUT2D eigenvalue weighted by Gasteiger charge is 2.04. The smallest absolute Gasteiger partial charge is 0.252 e. The second-order valence-electron chi connectivity index (χ2n) is 5.05. The van der Waals surface area contributed by atoms with Gasteiger partial charge >= 0.3 is 0 Å². The third-order valence-electron chi connectivity index (χ3n) is 3.17. The average molecular weight is 330 g/mol. The van der Waals surface area contributed by atoms with Gasteiger partial charge in [0, 0.05) is 11.8 Å². The molecule has 0 fully saturated rings. The largest absolute Gasteiger partial charge is 0.493 e. The molecule has 0 bridgehead atoms. The molecule has 0 saturated heterocycles. The standard InChI is InChI=1S/C17H22N4O3/c1-4-6-13-10-16(22)20-17(19-13)21-18-11-12-7-8-14(24-5-2)15(9-12)23-3/h7-11H,4-6H2,1-3H3,(H2,19,20,21,22)/b18-11+. The van der Waals surface area contributed by atoms with E-state index in [2.05, 4.69) is 20.5 Å². The Labute approximate surface area is 140 Å². The first kappa shape index (κ1) is 17.5. The van der Waals surface area contributed by atoms with Crippen LogP contribution in [0, 0.1) is 0 Å². The summed E-state index contributed by atoms with van der Waals surface area (Å²) in [7, 11) is 1.59. The minimum absolute atomic E-state index is 0.200. The van der Waals surface area contributed by atoms with Crippen LogP contribution < -0.4 is 20.5 Å². The fourth-order valence-electron chi connectivity index (χ4n) is 2.15. The van der Waals surface area contributed by atoms with Crippen LogP contribution in [0.15, 0.2) is 34.2 Å². The van der Waals surface area contributed by atoms with E-state index in [9.17, 15) is 4.79 Å². The Balaban J connectivity index is 2.10. The number of aryl methyl sites for hydroxylation is 1. The molecular weight excluding hydrogens is 308 g/mol. The van der Waals surface area contributed by atoms with E-state index in [0.717, 1.165) is 24.1 Å². The summed E-state index contributed by atoms with van der Waals surface area (Å²) < 4.78 is 10.8. The molecule has 0 saturated carbocycles. The molecule has 7 heteroatoms. The van der Waals surface area contributed by atoms with E-state index in [4.69, 9.17) is 9.47 Å². The van der Waals surface area contributed by atoms with Crippen molar-refractivity contribution in [1.29, 1.82) is 0 Å². The number of nitrogens with one attached hydrogen (secondary N) is 2. The van der Waals surface area contributed by atoms with E-state index in [1.54, 1.807) is 13.3 Å². The van der Waals surface area contributed by atoms with Gasteiger partial charge in [0.25, 0.3) is 5.56 Å². The van der Waals surface area contributed by atoms with Gasteiger partial charge in [-0.3, -0.25) is 9.78 Å². The Kier molecular flexibility index (Phi) is 6.36. The van der Waals surface area contributed by atoms with Crippen LogP contribution in [0.4, 0.5) is 5.95 Å². The van der Waals surface area contributed by atoms with Crippen LogP contribution >= 0.6 is 0 Å². The number of aromatic nitrogens is 2. The van der Waals surface area contributed by atoms with Crippen molar-refractivity contribution < 1.29 is 9.47 Å². The molecule has 1 aromatic heterocycles. The molecule has 2 aromatic rings. The lowest BCUT2D eigenvalue weighted by molar-refractivity contribution is 0.311. The van der Waals surface area contributed by atoms with Gasteiger partial charge in [0.1, 0.15) is 0 Å². The van der Waals surface area contributed by atoms with E-state index in [-0.39, 0.29) is 5.56 Å². The zero-order valence-corrected chi connectivity index (χ0v) is 14.1. The van der Waals surface area contributed by atoms with Crippen LogP contribution in [-0.2, 0) is 6.42 Å². The predicted octanol–water partition coefficient (Wildman–Crippen LogP) is 2.58. The number of anilines is 1. The van der Waals surface area contributed by atoms with Gasteiger partial charge in [0.2, 0.25) is 5.95 Å². The molecule has 0 amide bonds. The minimum atomic E-state index is -0.200. The third-order valence-corrected chi connectivity index (χ3v) is 3.17. The van der Waals surface area contributed by atoms with Crippen molar-refractivity contribution in [1.82, 2.24) is 9.97 Å². The summed E-state index contributed by atoms with van der Waals surface area (Å²) in [6, 6.07) is 7.00. The molecule has 1 aromatic carbocycles. The fraction of sp³-hybridized carbons (Fsp3) is 0.353. The van der Waals surface area contributed by atoms with Crippen molar-refractivity contribution in [3.8, 4) is 11.5 Å². The number of nitrogens with zero attached hydrogens (tertiary/aromatic N) is 2. The van der Waals surface area contributed by atoms with E-state index < -0.39 is 0 Å². The molecule has 7 nitrogen and oxygen atoms in total. The van der Waals surface area contributed by atoms with Gasteiger partial charge in [-0.25, -0.2) is 10.4 Å². The second-order valence-corrected chi connectivity index (χ2v) is 5.05. The summed E-state index contributed by atoms with van der Waals surface area (Å²) >= 11 is 0. The first-order chi connectivity index (χ1) is 11.7. The normalized spacial score (nSPS) is 10.8. The van der Waals surface area contributed by atoms with E-state index in [0.29, 0.717) is 24.1 Å². The van der Waals surface area contributed by atoms with Gasteiger partial charge < -0.3 is 9.47 Å². The first-order valence-electron chi connectivity index (χ1n) is 7.86. The Bertz CT molecular complexity index is 756. The van der Waals surface area contributed by atoms with Crippen molar-refractivity contribution in [3.05, 3.63) is 45.9 Å². The maximum atomic E-state index is 11.6. The van der Waals surface area contributed by atoms with Crippen LogP contribution in [0.3, 0.4) is 0 Å². The molecule has 128 valence electrons. The van der Waals surface area contributed by atoms with Crippen LogP contribution in [0.2, 0.25) is 0 Å². The van der Waals surface area contributed by atoms with Crippen molar-refractivity contribution in [2.75, 3.05) is 19.1 Å². The fourth-order valence-corrected chi connectivity index (χ4v) is 2.15. The lowest BCUT2D eigenvalue weighted by Gasteiger charge is -2.09. The van der Waals surface area contributed by atoms with E-state index in [1.165, 1.54) is 6.07 Å². The van der Waals surface area contributed by atoms with E-state index >= 15 is 0 Å². The van der Waals surface area contributed by atoms with Crippen LogP contribution in [-0.4, -0.2) is 29.9 Å². The van der Waals surface area contributed by atoms with Crippen molar-refractivity contribution in [2.24, 2.45) is 5.10 Å². The quantitative estimate of drug-likeness (QED) is 0.574. The van der Waals surface area contributed by atoms with Gasteiger partial charge in [0.15, 0.2) is 11.5 Å². The highest BCUT2D eigenvalue weighted by Crippen LogP contribution is 2.27. The SMILES string of the molecule is CCCc1cc(=O)[nH]c(N/N=C/c2ccc(OCC)c(OC)c2)n1. The number of ether oxygens (including phenoxy) is 2. The molecule has 0 aliphatic heterocycles. The monoisotopic (exact) mass is 330 g/mol.